The van der Waals surface area contributed by atoms with Gasteiger partial charge in [0.05, 0.1) is 34.4 Å². The Morgan fingerprint density at radius 2 is 2.20 bits per heavy atom. The van der Waals surface area contributed by atoms with Crippen LogP contribution in [0.5, 0.6) is 5.88 Å². The van der Waals surface area contributed by atoms with E-state index in [9.17, 15) is 0 Å². The summed E-state index contributed by atoms with van der Waals surface area (Å²) >= 11 is 0. The Morgan fingerprint density at radius 3 is 3.03 bits per heavy atom. The third kappa shape index (κ3) is 3.79. The van der Waals surface area contributed by atoms with Crippen molar-refractivity contribution in [2.24, 2.45) is 0 Å². The molecule has 7 heteroatoms. The van der Waals surface area contributed by atoms with Gasteiger partial charge in [-0.25, -0.2) is 4.98 Å². The molecule has 1 N–H and O–H groups in total. The van der Waals surface area contributed by atoms with E-state index >= 15 is 0 Å². The minimum Gasteiger partial charge on any atom is -0.474 e. The van der Waals surface area contributed by atoms with Gasteiger partial charge in [0, 0.05) is 30.5 Å². The summed E-state index contributed by atoms with van der Waals surface area (Å²) in [5.74, 6) is 0.594. The number of pyridine rings is 2. The van der Waals surface area contributed by atoms with Crippen molar-refractivity contribution < 1.29 is 9.47 Å². The van der Waals surface area contributed by atoms with Crippen molar-refractivity contribution in [3.05, 3.63) is 36.8 Å². The Hall–Kier alpha value is -2.51. The Morgan fingerprint density at radius 1 is 1.30 bits per heavy atom. The maximum atomic E-state index is 6.26. The van der Waals surface area contributed by atoms with Crippen molar-refractivity contribution in [2.75, 3.05) is 13.2 Å². The Bertz CT molecular complexity index is 1040. The van der Waals surface area contributed by atoms with Gasteiger partial charge in [-0.2, -0.15) is 5.10 Å². The topological polar surface area (TPSA) is 74.1 Å². The summed E-state index contributed by atoms with van der Waals surface area (Å²) in [6.45, 7) is 7.66. The van der Waals surface area contributed by atoms with Gasteiger partial charge in [-0.05, 0) is 58.2 Å². The van der Waals surface area contributed by atoms with E-state index in [0.717, 1.165) is 35.1 Å². The molecule has 3 aromatic heterocycles. The largest absolute Gasteiger partial charge is 0.474 e. The molecule has 0 bridgehead atoms. The van der Waals surface area contributed by atoms with Gasteiger partial charge >= 0.3 is 0 Å². The highest BCUT2D eigenvalue weighted by molar-refractivity contribution is 5.86. The van der Waals surface area contributed by atoms with Gasteiger partial charge in [-0.3, -0.25) is 9.67 Å². The summed E-state index contributed by atoms with van der Waals surface area (Å²) in [7, 11) is 0. The highest BCUT2D eigenvalue weighted by Crippen LogP contribution is 2.30. The number of hydrogen-bond acceptors (Lipinski definition) is 6. The summed E-state index contributed by atoms with van der Waals surface area (Å²) < 4.78 is 14.4. The molecule has 0 spiro atoms. The summed E-state index contributed by atoms with van der Waals surface area (Å²) in [6, 6.07) is 6.41. The minimum atomic E-state index is -0.0872. The van der Waals surface area contributed by atoms with E-state index in [4.69, 9.17) is 14.5 Å². The number of fused-ring (bicyclic) bond motifs is 2. The van der Waals surface area contributed by atoms with Gasteiger partial charge in [-0.1, -0.05) is 0 Å². The molecule has 1 saturated carbocycles. The molecule has 0 aromatic carbocycles. The summed E-state index contributed by atoms with van der Waals surface area (Å²) in [6.07, 6.45) is 9.59. The van der Waals surface area contributed by atoms with Crippen LogP contribution >= 0.6 is 0 Å². The van der Waals surface area contributed by atoms with E-state index in [1.54, 1.807) is 6.20 Å². The first-order valence-corrected chi connectivity index (χ1v) is 10.8. The number of nitrogens with zero attached hydrogens (tertiary/aromatic N) is 4. The van der Waals surface area contributed by atoms with Crippen molar-refractivity contribution in [3.8, 4) is 17.1 Å². The molecule has 158 valence electrons. The van der Waals surface area contributed by atoms with Crippen molar-refractivity contribution in [2.45, 2.75) is 63.8 Å². The van der Waals surface area contributed by atoms with Gasteiger partial charge in [0.15, 0.2) is 0 Å². The second-order valence-corrected chi connectivity index (χ2v) is 9.28. The first kappa shape index (κ1) is 19.5. The molecule has 4 heterocycles. The number of ether oxygens (including phenoxy) is 2. The molecule has 0 unspecified atom stereocenters. The van der Waals surface area contributed by atoms with Gasteiger partial charge < -0.3 is 14.8 Å². The van der Waals surface area contributed by atoms with E-state index in [2.05, 4.69) is 36.2 Å². The van der Waals surface area contributed by atoms with Crippen LogP contribution in [0.1, 0.15) is 40.0 Å². The predicted molar refractivity (Wildman–Crippen MR) is 116 cm³/mol. The fourth-order valence-corrected chi connectivity index (χ4v) is 4.30. The third-order valence-corrected chi connectivity index (χ3v) is 5.96. The Balaban J connectivity index is 1.40. The van der Waals surface area contributed by atoms with Crippen molar-refractivity contribution in [1.82, 2.24) is 25.1 Å². The molecule has 3 aromatic rings. The van der Waals surface area contributed by atoms with E-state index in [-0.39, 0.29) is 11.6 Å². The molecule has 2 aliphatic rings. The maximum absolute atomic E-state index is 6.26. The average molecular weight is 408 g/mol. The summed E-state index contributed by atoms with van der Waals surface area (Å²) in [4.78, 5) is 9.36. The number of morpholine rings is 1. The van der Waals surface area contributed by atoms with Crippen LogP contribution in [0, 0.1) is 0 Å². The second kappa shape index (κ2) is 7.63. The van der Waals surface area contributed by atoms with Crippen LogP contribution in [-0.4, -0.2) is 51.1 Å². The highest BCUT2D eigenvalue weighted by atomic mass is 16.5. The maximum Gasteiger partial charge on any atom is 0.223 e. The van der Waals surface area contributed by atoms with Crippen molar-refractivity contribution >= 4 is 10.9 Å². The van der Waals surface area contributed by atoms with E-state index in [1.807, 2.05) is 35.3 Å². The first-order chi connectivity index (χ1) is 14.5. The van der Waals surface area contributed by atoms with Crippen LogP contribution in [0.2, 0.25) is 0 Å². The quantitative estimate of drug-likeness (QED) is 0.713. The Kier molecular flexibility index (Phi) is 4.95. The van der Waals surface area contributed by atoms with E-state index in [0.29, 0.717) is 24.6 Å². The number of rotatable bonds is 4. The van der Waals surface area contributed by atoms with Crippen LogP contribution in [0.15, 0.2) is 36.8 Å². The van der Waals surface area contributed by atoms with Gasteiger partial charge in [0.2, 0.25) is 5.88 Å². The van der Waals surface area contributed by atoms with Crippen LogP contribution in [0.4, 0.5) is 0 Å². The lowest BCUT2D eigenvalue weighted by Crippen LogP contribution is -2.51. The molecule has 5 rings (SSSR count). The number of hydrogen-bond donors (Lipinski definition) is 1. The standard InChI is InChI=1S/C23H29N5O2/c1-23(2,3)28-13-15(11-26-28)19-10-20-17(6-5-9-24-20)22(27-19)29-14-16-12-25-18-7-4-8-21(18)30-16/h5-6,9-11,13,16,18,21,25H,4,7-8,12,14H2,1-3H3/t16-,18-,21+/m1/s1. The highest BCUT2D eigenvalue weighted by Gasteiger charge is 2.34. The van der Waals surface area contributed by atoms with Crippen molar-refractivity contribution in [1.29, 1.82) is 0 Å². The van der Waals surface area contributed by atoms with Crippen LogP contribution in [0.3, 0.4) is 0 Å². The zero-order valence-corrected chi connectivity index (χ0v) is 17.8. The zero-order chi connectivity index (χ0) is 20.7. The molecule has 3 atom stereocenters. The zero-order valence-electron chi connectivity index (χ0n) is 17.8. The lowest BCUT2D eigenvalue weighted by molar-refractivity contribution is -0.0680. The molecular formula is C23H29N5O2. The first-order valence-electron chi connectivity index (χ1n) is 10.8. The lowest BCUT2D eigenvalue weighted by Gasteiger charge is -2.33. The minimum absolute atomic E-state index is 0.0326. The molecule has 1 aliphatic heterocycles. The van der Waals surface area contributed by atoms with Crippen LogP contribution in [0.25, 0.3) is 22.2 Å². The molecule has 0 amide bonds. The molecule has 1 saturated heterocycles. The monoisotopic (exact) mass is 407 g/mol. The Labute approximate surface area is 176 Å². The van der Waals surface area contributed by atoms with Gasteiger partial charge in [-0.15, -0.1) is 0 Å². The fraction of sp³-hybridized carbons (Fsp3) is 0.522. The van der Waals surface area contributed by atoms with E-state index < -0.39 is 0 Å². The molecule has 2 fully saturated rings. The molecule has 1 aliphatic carbocycles. The number of aromatic nitrogens is 4. The molecule has 7 nitrogen and oxygen atoms in total. The average Bonchev–Trinajstić information content (AvgIpc) is 3.41. The fourth-order valence-electron chi connectivity index (χ4n) is 4.30. The summed E-state index contributed by atoms with van der Waals surface area (Å²) in [5.41, 5.74) is 2.53. The number of nitrogens with one attached hydrogen (secondary N) is 1. The smallest absolute Gasteiger partial charge is 0.223 e. The normalized spacial score (nSPS) is 24.2. The predicted octanol–water partition coefficient (Wildman–Crippen LogP) is 3.54. The molecule has 30 heavy (non-hydrogen) atoms. The molecular weight excluding hydrogens is 378 g/mol. The van der Waals surface area contributed by atoms with Crippen molar-refractivity contribution in [3.63, 3.8) is 0 Å². The van der Waals surface area contributed by atoms with E-state index in [1.165, 1.54) is 12.8 Å². The van der Waals surface area contributed by atoms with Crippen LogP contribution < -0.4 is 10.1 Å². The summed E-state index contributed by atoms with van der Waals surface area (Å²) in [5, 5.41) is 9.03. The van der Waals surface area contributed by atoms with Gasteiger partial charge in [0.25, 0.3) is 0 Å². The third-order valence-electron chi connectivity index (χ3n) is 5.96. The SMILES string of the molecule is CC(C)(C)n1cc(-c2cc3ncccc3c(OC[C@H]3CN[C@@H]4CCC[C@@H]4O3)n2)cn1. The molecule has 0 radical (unpaired) electrons. The van der Waals surface area contributed by atoms with Gasteiger partial charge in [0.1, 0.15) is 12.7 Å². The lowest BCUT2D eigenvalue weighted by atomic mass is 10.1. The second-order valence-electron chi connectivity index (χ2n) is 9.28. The van der Waals surface area contributed by atoms with Crippen LogP contribution in [-0.2, 0) is 10.3 Å².